The van der Waals surface area contributed by atoms with Crippen molar-refractivity contribution in [1.82, 2.24) is 0 Å². The molecule has 3 heteroatoms. The summed E-state index contributed by atoms with van der Waals surface area (Å²) in [6.07, 6.45) is 1.00. The Bertz CT molecular complexity index is 1060. The van der Waals surface area contributed by atoms with E-state index in [0.29, 0.717) is 11.5 Å². The Morgan fingerprint density at radius 1 is 1.00 bits per heavy atom. The van der Waals surface area contributed by atoms with E-state index >= 15 is 0 Å². The highest BCUT2D eigenvalue weighted by atomic mass is 16.4. The summed E-state index contributed by atoms with van der Waals surface area (Å²) in [6, 6.07) is 23.0. The molecule has 3 atom stereocenters. The summed E-state index contributed by atoms with van der Waals surface area (Å²) in [7, 11) is 0. The number of carboxylic acid groups (broad SMARTS) is 1. The Hall–Kier alpha value is -3.07. The zero-order chi connectivity index (χ0) is 18.5. The van der Waals surface area contributed by atoms with Gasteiger partial charge in [0.25, 0.3) is 0 Å². The fourth-order valence-electron chi connectivity index (χ4n) is 4.89. The van der Waals surface area contributed by atoms with Gasteiger partial charge in [0.1, 0.15) is 0 Å². The molecule has 0 aromatic heterocycles. The number of hydrogen-bond acceptors (Lipinski definition) is 2. The molecule has 0 spiro atoms. The molecule has 3 aromatic rings. The predicted octanol–water partition coefficient (Wildman–Crippen LogP) is 5.16. The maximum Gasteiger partial charge on any atom is 0.335 e. The van der Waals surface area contributed by atoms with Crippen molar-refractivity contribution in [2.24, 2.45) is 5.92 Å². The van der Waals surface area contributed by atoms with Gasteiger partial charge in [0.05, 0.1) is 11.6 Å². The molecule has 0 fully saturated rings. The molecule has 2 N–H and O–H groups in total. The van der Waals surface area contributed by atoms with Crippen LogP contribution in [0.3, 0.4) is 0 Å². The molecule has 3 nitrogen and oxygen atoms in total. The van der Waals surface area contributed by atoms with E-state index in [1.165, 1.54) is 22.3 Å². The van der Waals surface area contributed by atoms with Crippen molar-refractivity contribution in [3.05, 3.63) is 100 Å². The minimum atomic E-state index is -0.874. The standard InChI is InChI=1S/C24H21NO2/c1-14-5-4-7-16(11-14)23-20-12-15-6-2-3-8-18(15)22(20)19-13-17(24(26)27)9-10-21(19)25-23/h2-11,13,20,22-23,25H,12H2,1H3,(H,26,27)/t20-,22+,23-/m0/s1. The summed E-state index contributed by atoms with van der Waals surface area (Å²) in [6.45, 7) is 2.13. The first-order valence-corrected chi connectivity index (χ1v) is 9.40. The van der Waals surface area contributed by atoms with Crippen molar-refractivity contribution < 1.29 is 9.90 Å². The van der Waals surface area contributed by atoms with Crippen LogP contribution < -0.4 is 5.32 Å². The summed E-state index contributed by atoms with van der Waals surface area (Å²) >= 11 is 0. The normalized spacial score (nSPS) is 22.3. The quantitative estimate of drug-likeness (QED) is 0.667. The van der Waals surface area contributed by atoms with E-state index in [9.17, 15) is 9.90 Å². The van der Waals surface area contributed by atoms with Gasteiger partial charge < -0.3 is 10.4 Å². The van der Waals surface area contributed by atoms with Crippen molar-refractivity contribution in [1.29, 1.82) is 0 Å². The number of rotatable bonds is 2. The van der Waals surface area contributed by atoms with Gasteiger partial charge in [0.15, 0.2) is 0 Å². The number of aryl methyl sites for hydroxylation is 1. The third kappa shape index (κ3) is 2.54. The van der Waals surface area contributed by atoms with Gasteiger partial charge >= 0.3 is 5.97 Å². The Kier molecular flexibility index (Phi) is 3.57. The Labute approximate surface area is 158 Å². The average Bonchev–Trinajstić information content (AvgIpc) is 3.06. The molecule has 0 amide bonds. The van der Waals surface area contributed by atoms with E-state index in [1.54, 1.807) is 6.07 Å². The van der Waals surface area contributed by atoms with E-state index in [4.69, 9.17) is 0 Å². The first kappa shape index (κ1) is 16.1. The van der Waals surface area contributed by atoms with E-state index in [0.717, 1.165) is 17.7 Å². The van der Waals surface area contributed by atoms with Crippen LogP contribution in [0.4, 0.5) is 5.69 Å². The van der Waals surface area contributed by atoms with Gasteiger partial charge in [-0.15, -0.1) is 0 Å². The number of anilines is 1. The van der Waals surface area contributed by atoms with Gasteiger partial charge in [-0.3, -0.25) is 0 Å². The molecule has 1 aliphatic heterocycles. The second-order valence-corrected chi connectivity index (χ2v) is 7.69. The lowest BCUT2D eigenvalue weighted by atomic mass is 9.75. The molecule has 5 rings (SSSR count). The third-order valence-electron chi connectivity index (χ3n) is 6.05. The number of carbonyl (C=O) groups is 1. The number of carboxylic acids is 1. The highest BCUT2D eigenvalue weighted by Crippen LogP contribution is 2.53. The van der Waals surface area contributed by atoms with Crippen molar-refractivity contribution in [3.63, 3.8) is 0 Å². The van der Waals surface area contributed by atoms with Crippen molar-refractivity contribution >= 4 is 11.7 Å². The van der Waals surface area contributed by atoms with Crippen molar-refractivity contribution in [3.8, 4) is 0 Å². The zero-order valence-electron chi connectivity index (χ0n) is 15.1. The fraction of sp³-hybridized carbons (Fsp3) is 0.208. The van der Waals surface area contributed by atoms with Crippen molar-refractivity contribution in [2.75, 3.05) is 5.32 Å². The highest BCUT2D eigenvalue weighted by molar-refractivity contribution is 5.89. The third-order valence-corrected chi connectivity index (χ3v) is 6.05. The largest absolute Gasteiger partial charge is 0.478 e. The molecular weight excluding hydrogens is 334 g/mol. The van der Waals surface area contributed by atoms with Crippen LogP contribution in [0, 0.1) is 12.8 Å². The summed E-state index contributed by atoms with van der Waals surface area (Å²) < 4.78 is 0. The topological polar surface area (TPSA) is 49.3 Å². The van der Waals surface area contributed by atoms with Gasteiger partial charge in [0.2, 0.25) is 0 Å². The minimum Gasteiger partial charge on any atom is -0.478 e. The highest BCUT2D eigenvalue weighted by Gasteiger charge is 2.43. The summed E-state index contributed by atoms with van der Waals surface area (Å²) in [5.74, 6) is -0.274. The number of hydrogen-bond donors (Lipinski definition) is 2. The van der Waals surface area contributed by atoms with Crippen molar-refractivity contribution in [2.45, 2.75) is 25.3 Å². The molecule has 0 saturated carbocycles. The molecular formula is C24H21NO2. The van der Waals surface area contributed by atoms with Gasteiger partial charge in [0, 0.05) is 11.6 Å². The first-order chi connectivity index (χ1) is 13.1. The minimum absolute atomic E-state index is 0.213. The smallest absolute Gasteiger partial charge is 0.335 e. The number of aromatic carboxylic acids is 1. The molecule has 0 saturated heterocycles. The Morgan fingerprint density at radius 2 is 1.85 bits per heavy atom. The van der Waals surface area contributed by atoms with Gasteiger partial charge in [-0.25, -0.2) is 4.79 Å². The molecule has 27 heavy (non-hydrogen) atoms. The van der Waals surface area contributed by atoms with Crippen LogP contribution in [0.5, 0.6) is 0 Å². The summed E-state index contributed by atoms with van der Waals surface area (Å²) in [4.78, 5) is 11.5. The van der Waals surface area contributed by atoms with E-state index in [2.05, 4.69) is 60.8 Å². The van der Waals surface area contributed by atoms with E-state index in [1.807, 2.05) is 12.1 Å². The second-order valence-electron chi connectivity index (χ2n) is 7.69. The van der Waals surface area contributed by atoms with Gasteiger partial charge in [-0.1, -0.05) is 54.1 Å². The maximum atomic E-state index is 11.5. The van der Waals surface area contributed by atoms with Crippen LogP contribution in [0.2, 0.25) is 0 Å². The van der Waals surface area contributed by atoms with Crippen LogP contribution in [-0.4, -0.2) is 11.1 Å². The molecule has 0 radical (unpaired) electrons. The lowest BCUT2D eigenvalue weighted by Crippen LogP contribution is -2.30. The van der Waals surface area contributed by atoms with Crippen LogP contribution >= 0.6 is 0 Å². The van der Waals surface area contributed by atoms with Crippen LogP contribution in [0.15, 0.2) is 66.7 Å². The monoisotopic (exact) mass is 355 g/mol. The number of benzene rings is 3. The van der Waals surface area contributed by atoms with Crippen LogP contribution in [0.25, 0.3) is 0 Å². The molecule has 134 valence electrons. The number of fused-ring (bicyclic) bond motifs is 5. The van der Waals surface area contributed by atoms with E-state index < -0.39 is 5.97 Å². The molecule has 2 aliphatic rings. The number of nitrogens with one attached hydrogen (secondary N) is 1. The zero-order valence-corrected chi connectivity index (χ0v) is 15.1. The van der Waals surface area contributed by atoms with E-state index in [-0.39, 0.29) is 12.0 Å². The molecule has 3 aromatic carbocycles. The first-order valence-electron chi connectivity index (χ1n) is 9.40. The predicted molar refractivity (Wildman–Crippen MR) is 106 cm³/mol. The molecule has 1 aliphatic carbocycles. The van der Waals surface area contributed by atoms with Crippen LogP contribution in [-0.2, 0) is 6.42 Å². The summed E-state index contributed by atoms with van der Waals surface area (Å²) in [5.41, 5.74) is 7.77. The Balaban J connectivity index is 1.69. The fourth-order valence-corrected chi connectivity index (χ4v) is 4.89. The summed E-state index contributed by atoms with van der Waals surface area (Å²) in [5, 5.41) is 13.2. The average molecular weight is 355 g/mol. The molecule has 0 unspecified atom stereocenters. The van der Waals surface area contributed by atoms with Gasteiger partial charge in [-0.2, -0.15) is 0 Å². The second kappa shape index (κ2) is 5.98. The molecule has 1 heterocycles. The lowest BCUT2D eigenvalue weighted by Gasteiger charge is -2.38. The van der Waals surface area contributed by atoms with Gasteiger partial charge in [-0.05, 0) is 59.7 Å². The SMILES string of the molecule is Cc1cccc([C@@H]2Nc3ccc(C(=O)O)cc3[C@H]3c4ccccc4C[C@@H]32)c1. The maximum absolute atomic E-state index is 11.5. The Morgan fingerprint density at radius 3 is 2.67 bits per heavy atom. The molecule has 0 bridgehead atoms. The van der Waals surface area contributed by atoms with Crippen LogP contribution in [0.1, 0.15) is 50.1 Å². The lowest BCUT2D eigenvalue weighted by molar-refractivity contribution is 0.0696.